The van der Waals surface area contributed by atoms with Gasteiger partial charge in [0, 0.05) is 22.9 Å². The van der Waals surface area contributed by atoms with Crippen molar-refractivity contribution in [1.29, 1.82) is 0 Å². The van der Waals surface area contributed by atoms with E-state index in [0.29, 0.717) is 5.02 Å². The van der Waals surface area contributed by atoms with Crippen LogP contribution in [0.4, 0.5) is 0 Å². The highest BCUT2D eigenvalue weighted by Crippen LogP contribution is 2.31. The molecule has 0 aliphatic rings. The van der Waals surface area contributed by atoms with Crippen molar-refractivity contribution < 1.29 is 5.11 Å². The molecule has 0 amide bonds. The van der Waals surface area contributed by atoms with E-state index in [2.05, 4.69) is 21.0 Å². The average Bonchev–Trinajstić information content (AvgIpc) is 2.64. The van der Waals surface area contributed by atoms with Crippen LogP contribution in [-0.2, 0) is 0 Å². The van der Waals surface area contributed by atoms with Crippen LogP contribution in [0.15, 0.2) is 35.1 Å². The lowest BCUT2D eigenvalue weighted by Gasteiger charge is -2.06. The molecular weight excluding hydrogens is 267 g/mol. The predicted molar refractivity (Wildman–Crippen MR) is 57.9 cm³/mol. The summed E-state index contributed by atoms with van der Waals surface area (Å²) in [5, 5.41) is 13.8. The van der Waals surface area contributed by atoms with E-state index in [1.807, 2.05) is 0 Å². The first kappa shape index (κ1) is 9.55. The Hall–Kier alpha value is -1.00. The van der Waals surface area contributed by atoms with Gasteiger partial charge < -0.3 is 5.11 Å². The second-order valence-electron chi connectivity index (χ2n) is 2.71. The summed E-state index contributed by atoms with van der Waals surface area (Å²) < 4.78 is 2.42. The van der Waals surface area contributed by atoms with E-state index in [9.17, 15) is 5.11 Å². The van der Waals surface area contributed by atoms with Crippen LogP contribution >= 0.6 is 27.5 Å². The number of benzene rings is 1. The number of aromatic nitrogens is 2. The summed E-state index contributed by atoms with van der Waals surface area (Å²) in [6.07, 6.45) is 3.45. The Morgan fingerprint density at radius 3 is 2.86 bits per heavy atom. The maximum Gasteiger partial charge on any atom is 0.136 e. The van der Waals surface area contributed by atoms with Gasteiger partial charge in [-0.05, 0) is 28.1 Å². The van der Waals surface area contributed by atoms with Gasteiger partial charge in [-0.25, -0.2) is 4.68 Å². The molecule has 0 fully saturated rings. The van der Waals surface area contributed by atoms with Crippen LogP contribution in [0.3, 0.4) is 0 Å². The standard InChI is InChI=1S/C9H6BrClN2O/c10-6-4-7(11)9(14)5-8(6)13-3-1-2-12-13/h1-5,14H. The van der Waals surface area contributed by atoms with E-state index in [0.717, 1.165) is 10.2 Å². The summed E-state index contributed by atoms with van der Waals surface area (Å²) in [6, 6.07) is 4.99. The molecule has 0 aliphatic heterocycles. The zero-order valence-electron chi connectivity index (χ0n) is 6.98. The number of hydrogen-bond acceptors (Lipinski definition) is 2. The first-order chi connectivity index (χ1) is 6.68. The summed E-state index contributed by atoms with van der Waals surface area (Å²) >= 11 is 9.08. The monoisotopic (exact) mass is 272 g/mol. The normalized spacial score (nSPS) is 10.4. The van der Waals surface area contributed by atoms with Crippen LogP contribution in [0.25, 0.3) is 5.69 Å². The third kappa shape index (κ3) is 1.63. The molecule has 0 aliphatic carbocycles. The molecule has 0 unspecified atom stereocenters. The summed E-state index contributed by atoms with van der Waals surface area (Å²) in [6.45, 7) is 0. The van der Waals surface area contributed by atoms with Crippen molar-refractivity contribution in [2.45, 2.75) is 0 Å². The zero-order valence-corrected chi connectivity index (χ0v) is 9.33. The Bertz CT molecular complexity index is 456. The minimum absolute atomic E-state index is 0.0420. The molecule has 5 heteroatoms. The van der Waals surface area contributed by atoms with Gasteiger partial charge in [0.2, 0.25) is 0 Å². The van der Waals surface area contributed by atoms with Crippen LogP contribution < -0.4 is 0 Å². The molecule has 0 atom stereocenters. The van der Waals surface area contributed by atoms with Gasteiger partial charge in [0.05, 0.1) is 10.7 Å². The zero-order chi connectivity index (χ0) is 10.1. The summed E-state index contributed by atoms with van der Waals surface area (Å²) in [5.74, 6) is 0.0420. The van der Waals surface area contributed by atoms with Crippen LogP contribution in [-0.4, -0.2) is 14.9 Å². The van der Waals surface area contributed by atoms with Gasteiger partial charge in [-0.15, -0.1) is 0 Å². The summed E-state index contributed by atoms with van der Waals surface area (Å²) in [7, 11) is 0. The smallest absolute Gasteiger partial charge is 0.136 e. The molecule has 3 nitrogen and oxygen atoms in total. The quantitative estimate of drug-likeness (QED) is 0.867. The van der Waals surface area contributed by atoms with Crippen molar-refractivity contribution in [3.63, 3.8) is 0 Å². The third-order valence-electron chi connectivity index (χ3n) is 1.77. The maximum absolute atomic E-state index is 9.43. The van der Waals surface area contributed by atoms with Crippen LogP contribution in [0, 0.1) is 0 Å². The molecule has 1 N–H and O–H groups in total. The Morgan fingerprint density at radius 2 is 2.21 bits per heavy atom. The second kappa shape index (κ2) is 3.63. The number of phenols is 1. The average molecular weight is 274 g/mol. The molecule has 1 aromatic carbocycles. The molecule has 0 spiro atoms. The number of phenolic OH excluding ortho intramolecular Hbond substituents is 1. The molecule has 1 aromatic heterocycles. The first-order valence-electron chi connectivity index (χ1n) is 3.86. The van der Waals surface area contributed by atoms with Gasteiger partial charge in [-0.1, -0.05) is 11.6 Å². The van der Waals surface area contributed by atoms with Crippen molar-refractivity contribution in [2.75, 3.05) is 0 Å². The van der Waals surface area contributed by atoms with Gasteiger partial charge in [0.1, 0.15) is 5.75 Å². The van der Waals surface area contributed by atoms with Gasteiger partial charge in [0.15, 0.2) is 0 Å². The lowest BCUT2D eigenvalue weighted by Crippen LogP contribution is -1.95. The number of halogens is 2. The lowest BCUT2D eigenvalue weighted by molar-refractivity contribution is 0.475. The van der Waals surface area contributed by atoms with E-state index in [1.165, 1.54) is 0 Å². The van der Waals surface area contributed by atoms with E-state index in [1.54, 1.807) is 35.3 Å². The highest BCUT2D eigenvalue weighted by atomic mass is 79.9. The van der Waals surface area contributed by atoms with Crippen molar-refractivity contribution in [2.24, 2.45) is 0 Å². The third-order valence-corrected chi connectivity index (χ3v) is 2.71. The molecule has 72 valence electrons. The second-order valence-corrected chi connectivity index (χ2v) is 3.97. The fraction of sp³-hybridized carbons (Fsp3) is 0. The van der Waals surface area contributed by atoms with Crippen molar-refractivity contribution in [3.8, 4) is 11.4 Å². The molecule has 2 rings (SSSR count). The fourth-order valence-electron chi connectivity index (χ4n) is 1.11. The molecule has 2 aromatic rings. The number of rotatable bonds is 1. The maximum atomic E-state index is 9.43. The lowest BCUT2D eigenvalue weighted by atomic mass is 10.3. The highest BCUT2D eigenvalue weighted by Gasteiger charge is 2.07. The van der Waals surface area contributed by atoms with E-state index in [4.69, 9.17) is 11.6 Å². The first-order valence-corrected chi connectivity index (χ1v) is 5.03. The predicted octanol–water partition coefficient (Wildman–Crippen LogP) is 2.99. The van der Waals surface area contributed by atoms with Crippen molar-refractivity contribution in [3.05, 3.63) is 40.1 Å². The minimum atomic E-state index is 0.0420. The van der Waals surface area contributed by atoms with Crippen molar-refractivity contribution in [1.82, 2.24) is 9.78 Å². The molecule has 1 heterocycles. The molecule has 0 saturated heterocycles. The molecular formula is C9H6BrClN2O. The minimum Gasteiger partial charge on any atom is -0.506 e. The SMILES string of the molecule is Oc1cc(-n2cccn2)c(Br)cc1Cl. The number of nitrogens with zero attached hydrogens (tertiary/aromatic N) is 2. The molecule has 0 saturated carbocycles. The molecule has 0 radical (unpaired) electrons. The Labute approximate surface area is 94.1 Å². The van der Waals surface area contributed by atoms with Gasteiger partial charge in [-0.2, -0.15) is 5.10 Å². The topological polar surface area (TPSA) is 38.0 Å². The summed E-state index contributed by atoms with van der Waals surface area (Å²) in [4.78, 5) is 0. The van der Waals surface area contributed by atoms with Crippen LogP contribution in [0.5, 0.6) is 5.75 Å². The largest absolute Gasteiger partial charge is 0.506 e. The van der Waals surface area contributed by atoms with Gasteiger partial charge in [0.25, 0.3) is 0 Å². The van der Waals surface area contributed by atoms with Gasteiger partial charge >= 0.3 is 0 Å². The van der Waals surface area contributed by atoms with Gasteiger partial charge in [-0.3, -0.25) is 0 Å². The van der Waals surface area contributed by atoms with Crippen LogP contribution in [0.1, 0.15) is 0 Å². The number of hydrogen-bond donors (Lipinski definition) is 1. The molecule has 0 bridgehead atoms. The Kier molecular flexibility index (Phi) is 2.48. The Morgan fingerprint density at radius 1 is 1.43 bits per heavy atom. The van der Waals surface area contributed by atoms with E-state index < -0.39 is 0 Å². The highest BCUT2D eigenvalue weighted by molar-refractivity contribution is 9.10. The Balaban J connectivity index is 2.60. The summed E-state index contributed by atoms with van der Waals surface area (Å²) in [5.41, 5.74) is 0.747. The number of aromatic hydroxyl groups is 1. The van der Waals surface area contributed by atoms with Crippen molar-refractivity contribution >= 4 is 27.5 Å². The van der Waals surface area contributed by atoms with Crippen LogP contribution in [0.2, 0.25) is 5.02 Å². The molecule has 14 heavy (non-hydrogen) atoms. The fourth-order valence-corrected chi connectivity index (χ4v) is 1.93. The van der Waals surface area contributed by atoms with E-state index >= 15 is 0 Å². The van der Waals surface area contributed by atoms with E-state index in [-0.39, 0.29) is 5.75 Å².